The zero-order chi connectivity index (χ0) is 27.8. The Morgan fingerprint density at radius 3 is 2.05 bits per heavy atom. The molecule has 1 aliphatic rings. The third-order valence-electron chi connectivity index (χ3n) is 6.77. The molecule has 39 heavy (non-hydrogen) atoms. The fourth-order valence-corrected chi connectivity index (χ4v) is 4.91. The van der Waals surface area contributed by atoms with Gasteiger partial charge in [0.05, 0.1) is 0 Å². The number of aliphatic hydroxyl groups is 1. The summed E-state index contributed by atoms with van der Waals surface area (Å²) in [6.45, 7) is 0.290. The molecule has 2 unspecified atom stereocenters. The molecule has 0 fully saturated rings. The fourth-order valence-electron chi connectivity index (χ4n) is 4.91. The summed E-state index contributed by atoms with van der Waals surface area (Å²) in [5.41, 5.74) is 5.35. The lowest BCUT2D eigenvalue weighted by molar-refractivity contribution is -0.142. The van der Waals surface area contributed by atoms with Gasteiger partial charge in [-0.3, -0.25) is 9.69 Å². The molecule has 0 saturated heterocycles. The molecular formula is C30H33N3O6. The van der Waals surface area contributed by atoms with Crippen molar-refractivity contribution < 1.29 is 29.3 Å². The first-order valence-electron chi connectivity index (χ1n) is 12.9. The number of aliphatic carboxylic acids is 1. The monoisotopic (exact) mass is 531 g/mol. The number of carbonyl (C=O) groups excluding carboxylic acids is 2. The average Bonchev–Trinajstić information content (AvgIpc) is 3.25. The number of amides is 2. The lowest BCUT2D eigenvalue weighted by atomic mass is 9.98. The van der Waals surface area contributed by atoms with Crippen LogP contribution in [0.2, 0.25) is 0 Å². The molecule has 0 saturated carbocycles. The van der Waals surface area contributed by atoms with Crippen molar-refractivity contribution in [3.8, 4) is 11.1 Å². The molecule has 0 heterocycles. The summed E-state index contributed by atoms with van der Waals surface area (Å²) in [6.07, 6.45) is -0.933. The first kappa shape index (κ1) is 27.8. The smallest absolute Gasteiger partial charge is 0.407 e. The van der Waals surface area contributed by atoms with Crippen molar-refractivity contribution in [1.82, 2.24) is 15.5 Å². The minimum absolute atomic E-state index is 0.0797. The Morgan fingerprint density at radius 1 is 0.872 bits per heavy atom. The van der Waals surface area contributed by atoms with Gasteiger partial charge in [0, 0.05) is 32.0 Å². The van der Waals surface area contributed by atoms with E-state index in [1.807, 2.05) is 83.8 Å². The third kappa shape index (κ3) is 7.01. The number of benzene rings is 3. The van der Waals surface area contributed by atoms with Crippen molar-refractivity contribution in [2.24, 2.45) is 0 Å². The number of carboxylic acids is 1. The van der Waals surface area contributed by atoms with Crippen LogP contribution in [0.1, 0.15) is 29.0 Å². The van der Waals surface area contributed by atoms with E-state index in [1.165, 1.54) is 0 Å². The molecule has 9 heteroatoms. The number of carbonyl (C=O) groups is 3. The van der Waals surface area contributed by atoms with Gasteiger partial charge in [0.15, 0.2) is 0 Å². The van der Waals surface area contributed by atoms with E-state index in [0.29, 0.717) is 6.54 Å². The van der Waals surface area contributed by atoms with Gasteiger partial charge in [-0.05, 0) is 34.9 Å². The molecule has 9 nitrogen and oxygen atoms in total. The highest BCUT2D eigenvalue weighted by atomic mass is 16.5. The highest BCUT2D eigenvalue weighted by Gasteiger charge is 2.31. The molecule has 2 amide bonds. The minimum Gasteiger partial charge on any atom is -0.480 e. The quantitative estimate of drug-likeness (QED) is 0.283. The molecule has 1 aliphatic carbocycles. The van der Waals surface area contributed by atoms with Gasteiger partial charge in [0.25, 0.3) is 0 Å². The molecule has 0 bridgehead atoms. The number of hydrogen-bond acceptors (Lipinski definition) is 6. The van der Waals surface area contributed by atoms with E-state index in [-0.39, 0.29) is 25.5 Å². The van der Waals surface area contributed by atoms with E-state index < -0.39 is 36.7 Å². The van der Waals surface area contributed by atoms with Gasteiger partial charge >= 0.3 is 12.1 Å². The third-order valence-corrected chi connectivity index (χ3v) is 6.77. The Kier molecular flexibility index (Phi) is 9.30. The number of aliphatic hydroxyl groups excluding tert-OH is 1. The van der Waals surface area contributed by atoms with Crippen LogP contribution >= 0.6 is 0 Å². The Balaban J connectivity index is 1.44. The van der Waals surface area contributed by atoms with Crippen molar-refractivity contribution in [3.63, 3.8) is 0 Å². The number of ether oxygens (including phenoxy) is 1. The van der Waals surface area contributed by atoms with E-state index in [2.05, 4.69) is 10.6 Å². The van der Waals surface area contributed by atoms with E-state index in [4.69, 9.17) is 4.74 Å². The van der Waals surface area contributed by atoms with Gasteiger partial charge in [-0.25, -0.2) is 9.59 Å². The van der Waals surface area contributed by atoms with Crippen LogP contribution in [0.25, 0.3) is 11.1 Å². The van der Waals surface area contributed by atoms with Crippen LogP contribution in [0.4, 0.5) is 4.79 Å². The van der Waals surface area contributed by atoms with Crippen LogP contribution in [-0.4, -0.2) is 72.0 Å². The zero-order valence-corrected chi connectivity index (χ0v) is 21.7. The van der Waals surface area contributed by atoms with Crippen LogP contribution < -0.4 is 10.6 Å². The summed E-state index contributed by atoms with van der Waals surface area (Å²) < 4.78 is 5.62. The molecule has 0 radical (unpaired) electrons. The van der Waals surface area contributed by atoms with Gasteiger partial charge in [-0.1, -0.05) is 78.9 Å². The molecule has 0 aliphatic heterocycles. The van der Waals surface area contributed by atoms with E-state index in [9.17, 15) is 24.6 Å². The molecule has 4 rings (SSSR count). The van der Waals surface area contributed by atoms with Crippen molar-refractivity contribution in [1.29, 1.82) is 0 Å². The maximum Gasteiger partial charge on any atom is 0.407 e. The standard InChI is InChI=1S/C30H33N3O6/c1-33(17-20-9-3-2-4-10-20)18-27(28(35)31-26(15-16-34)29(36)37)32-30(38)39-19-25-23-13-7-5-11-21(23)22-12-6-8-14-24(22)25/h2-14,25-27,34H,15-19H2,1H3,(H,31,35)(H,32,38)(H,36,37). The summed E-state index contributed by atoms with van der Waals surface area (Å²) in [6, 6.07) is 23.2. The lowest BCUT2D eigenvalue weighted by Gasteiger charge is -2.26. The van der Waals surface area contributed by atoms with Gasteiger partial charge in [-0.2, -0.15) is 0 Å². The Hall–Kier alpha value is -4.21. The molecule has 2 atom stereocenters. The minimum atomic E-state index is -1.28. The van der Waals surface area contributed by atoms with E-state index >= 15 is 0 Å². The first-order chi connectivity index (χ1) is 18.9. The average molecular weight is 532 g/mol. The van der Waals surface area contributed by atoms with Crippen LogP contribution in [0, 0.1) is 0 Å². The van der Waals surface area contributed by atoms with Crippen molar-refractivity contribution in [2.75, 3.05) is 26.8 Å². The SMILES string of the molecule is CN(Cc1ccccc1)CC(NC(=O)OCC1c2ccccc2-c2ccccc21)C(=O)NC(CCO)C(=O)O. The molecule has 0 spiro atoms. The summed E-state index contributed by atoms with van der Waals surface area (Å²) >= 11 is 0. The number of fused-ring (bicyclic) bond motifs is 3. The Labute approximate surface area is 227 Å². The molecule has 0 aromatic heterocycles. The fraction of sp³-hybridized carbons (Fsp3) is 0.300. The topological polar surface area (TPSA) is 128 Å². The molecule has 204 valence electrons. The maximum absolute atomic E-state index is 13.1. The second kappa shape index (κ2) is 13.0. The van der Waals surface area contributed by atoms with Gasteiger partial charge < -0.3 is 25.6 Å². The molecule has 4 N–H and O–H groups in total. The number of alkyl carbamates (subject to hydrolysis) is 1. The van der Waals surface area contributed by atoms with Crippen molar-refractivity contribution in [3.05, 3.63) is 95.6 Å². The number of rotatable bonds is 12. The van der Waals surface area contributed by atoms with Gasteiger partial charge in [0.2, 0.25) is 5.91 Å². The number of nitrogens with one attached hydrogen (secondary N) is 2. The van der Waals surface area contributed by atoms with Gasteiger partial charge in [0.1, 0.15) is 18.7 Å². The predicted molar refractivity (Wildman–Crippen MR) is 146 cm³/mol. The van der Waals surface area contributed by atoms with Gasteiger partial charge in [-0.15, -0.1) is 0 Å². The van der Waals surface area contributed by atoms with E-state index in [0.717, 1.165) is 27.8 Å². The zero-order valence-electron chi connectivity index (χ0n) is 21.7. The number of likely N-dealkylation sites (N-methyl/N-ethyl adjacent to an activating group) is 1. The van der Waals surface area contributed by atoms with Crippen LogP contribution in [0.3, 0.4) is 0 Å². The summed E-state index contributed by atoms with van der Waals surface area (Å²) in [5, 5.41) is 23.6. The normalized spacial score (nSPS) is 13.7. The second-order valence-electron chi connectivity index (χ2n) is 9.62. The number of nitrogens with zero attached hydrogens (tertiary/aromatic N) is 1. The Morgan fingerprint density at radius 2 is 1.46 bits per heavy atom. The Bertz CT molecular complexity index is 1250. The van der Waals surface area contributed by atoms with Crippen LogP contribution in [0.15, 0.2) is 78.9 Å². The highest BCUT2D eigenvalue weighted by molar-refractivity contribution is 5.89. The molecular weight excluding hydrogens is 498 g/mol. The number of carboxylic acid groups (broad SMARTS) is 1. The summed E-state index contributed by atoms with van der Waals surface area (Å²) in [4.78, 5) is 39.4. The molecule has 3 aromatic rings. The van der Waals surface area contributed by atoms with Crippen molar-refractivity contribution >= 4 is 18.0 Å². The van der Waals surface area contributed by atoms with E-state index in [1.54, 1.807) is 7.05 Å². The number of hydrogen-bond donors (Lipinski definition) is 4. The van der Waals surface area contributed by atoms with Crippen LogP contribution in [0.5, 0.6) is 0 Å². The lowest BCUT2D eigenvalue weighted by Crippen LogP contribution is -2.55. The first-order valence-corrected chi connectivity index (χ1v) is 12.9. The maximum atomic E-state index is 13.1. The molecule has 3 aromatic carbocycles. The highest BCUT2D eigenvalue weighted by Crippen LogP contribution is 2.44. The second-order valence-corrected chi connectivity index (χ2v) is 9.62. The summed E-state index contributed by atoms with van der Waals surface area (Å²) in [7, 11) is 1.80. The van der Waals surface area contributed by atoms with Crippen LogP contribution in [-0.2, 0) is 20.9 Å². The summed E-state index contributed by atoms with van der Waals surface area (Å²) in [5.74, 6) is -2.09. The van der Waals surface area contributed by atoms with Crippen molar-refractivity contribution in [2.45, 2.75) is 31.0 Å². The largest absolute Gasteiger partial charge is 0.480 e. The predicted octanol–water partition coefficient (Wildman–Crippen LogP) is 2.98.